The fraction of sp³-hybridized carbons (Fsp3) is 0.684. The predicted octanol–water partition coefficient (Wildman–Crippen LogP) is 4.76. The molecule has 1 amide bonds. The van der Waals surface area contributed by atoms with Crippen LogP contribution in [-0.4, -0.2) is 41.5 Å². The topological polar surface area (TPSA) is 36.4 Å². The number of carbonyl (C=O) groups is 1. The summed E-state index contributed by atoms with van der Waals surface area (Å²) in [6.45, 7) is 3.84. The molecule has 27 heavy (non-hydrogen) atoms. The van der Waals surface area contributed by atoms with Crippen molar-refractivity contribution in [2.75, 3.05) is 24.5 Å². The van der Waals surface area contributed by atoms with Crippen LogP contribution in [0.5, 0.6) is 0 Å². The molecule has 0 aliphatic carbocycles. The lowest BCUT2D eigenvalue weighted by molar-refractivity contribution is -0.137. The summed E-state index contributed by atoms with van der Waals surface area (Å²) in [6.07, 6.45) is 2.55. The van der Waals surface area contributed by atoms with E-state index in [2.05, 4.69) is 4.98 Å². The monoisotopic (exact) mass is 403 g/mol. The first-order valence-electron chi connectivity index (χ1n) is 9.52. The number of rotatable bonds is 2. The van der Waals surface area contributed by atoms with Crippen molar-refractivity contribution in [3.63, 3.8) is 0 Å². The second kappa shape index (κ2) is 8.25. The van der Waals surface area contributed by atoms with Gasteiger partial charge in [0.15, 0.2) is 0 Å². The van der Waals surface area contributed by atoms with Gasteiger partial charge in [0.2, 0.25) is 5.91 Å². The van der Waals surface area contributed by atoms with Crippen LogP contribution >= 0.6 is 11.6 Å². The highest BCUT2D eigenvalue weighted by Gasteiger charge is 2.35. The Labute approximate surface area is 162 Å². The van der Waals surface area contributed by atoms with Crippen LogP contribution in [0.3, 0.4) is 0 Å². The third kappa shape index (κ3) is 4.68. The quantitative estimate of drug-likeness (QED) is 0.714. The molecule has 3 heterocycles. The van der Waals surface area contributed by atoms with Gasteiger partial charge in [0, 0.05) is 38.8 Å². The number of halogens is 4. The van der Waals surface area contributed by atoms with Gasteiger partial charge in [0.1, 0.15) is 5.82 Å². The minimum atomic E-state index is -4.45. The van der Waals surface area contributed by atoms with Crippen molar-refractivity contribution in [3.05, 3.63) is 22.8 Å². The van der Waals surface area contributed by atoms with Gasteiger partial charge in [-0.2, -0.15) is 13.2 Å². The molecule has 0 unspecified atom stereocenters. The minimum Gasteiger partial charge on any atom is -0.355 e. The van der Waals surface area contributed by atoms with Crippen molar-refractivity contribution >= 4 is 23.3 Å². The van der Waals surface area contributed by atoms with Gasteiger partial charge in [-0.05, 0) is 37.7 Å². The van der Waals surface area contributed by atoms with Gasteiger partial charge in [-0.1, -0.05) is 24.4 Å². The lowest BCUT2D eigenvalue weighted by Crippen LogP contribution is -2.47. The van der Waals surface area contributed by atoms with Crippen molar-refractivity contribution in [3.8, 4) is 0 Å². The van der Waals surface area contributed by atoms with E-state index in [4.69, 9.17) is 11.6 Å². The molecule has 1 aromatic heterocycles. The zero-order valence-corrected chi connectivity index (χ0v) is 16.2. The van der Waals surface area contributed by atoms with Crippen LogP contribution in [-0.2, 0) is 11.0 Å². The van der Waals surface area contributed by atoms with Crippen LogP contribution in [0.1, 0.15) is 51.0 Å². The first-order valence-corrected chi connectivity index (χ1v) is 9.90. The molecular weight excluding hydrogens is 379 g/mol. The van der Waals surface area contributed by atoms with E-state index in [0.717, 1.165) is 57.3 Å². The highest BCUT2D eigenvalue weighted by atomic mass is 35.5. The molecule has 0 saturated carbocycles. The van der Waals surface area contributed by atoms with Crippen molar-refractivity contribution < 1.29 is 18.0 Å². The number of likely N-dealkylation sites (tertiary alicyclic amines) is 1. The maximum absolute atomic E-state index is 12.8. The third-order valence-electron chi connectivity index (χ3n) is 5.74. The van der Waals surface area contributed by atoms with Gasteiger partial charge >= 0.3 is 6.18 Å². The number of hydrogen-bond acceptors (Lipinski definition) is 3. The Hall–Kier alpha value is -1.50. The van der Waals surface area contributed by atoms with Crippen LogP contribution in [0.4, 0.5) is 19.0 Å². The first-order chi connectivity index (χ1) is 12.8. The summed E-state index contributed by atoms with van der Waals surface area (Å²) in [7, 11) is 0. The molecule has 2 aliphatic rings. The number of amides is 1. The molecule has 3 rings (SSSR count). The summed E-state index contributed by atoms with van der Waals surface area (Å²) < 4.78 is 38.4. The number of nitrogens with zero attached hydrogens (tertiary/aromatic N) is 3. The molecule has 1 aromatic rings. The molecule has 0 N–H and O–H groups in total. The Balaban J connectivity index is 1.67. The Bertz CT molecular complexity index is 675. The third-order valence-corrected chi connectivity index (χ3v) is 6.01. The van der Waals surface area contributed by atoms with Crippen LogP contribution in [0, 0.1) is 5.92 Å². The largest absolute Gasteiger partial charge is 0.417 e. The molecule has 150 valence electrons. The van der Waals surface area contributed by atoms with E-state index in [1.165, 1.54) is 0 Å². The van der Waals surface area contributed by atoms with Gasteiger partial charge in [0.05, 0.1) is 10.6 Å². The Morgan fingerprint density at radius 1 is 1.15 bits per heavy atom. The van der Waals surface area contributed by atoms with E-state index in [0.29, 0.717) is 24.8 Å². The number of anilines is 1. The minimum absolute atomic E-state index is 0.0307. The molecular formula is C19H25ClF3N3O. The maximum Gasteiger partial charge on any atom is 0.417 e. The molecule has 0 aromatic carbocycles. The van der Waals surface area contributed by atoms with E-state index >= 15 is 0 Å². The molecule has 0 bridgehead atoms. The average Bonchev–Trinajstić information content (AvgIpc) is 2.87. The fourth-order valence-electron chi connectivity index (χ4n) is 4.33. The molecule has 0 spiro atoms. The number of pyridine rings is 1. The lowest BCUT2D eigenvalue weighted by Gasteiger charge is -2.41. The SMILES string of the molecule is CC(=O)N1CCCCC[C@H]1C1CCN(c2ncc(C(F)(F)F)cc2Cl)CC1. The second-order valence-corrected chi connectivity index (χ2v) is 7.89. The molecule has 2 aliphatic heterocycles. The molecule has 2 fully saturated rings. The van der Waals surface area contributed by atoms with Gasteiger partial charge in [0.25, 0.3) is 0 Å². The second-order valence-electron chi connectivity index (χ2n) is 7.48. The van der Waals surface area contributed by atoms with Gasteiger partial charge in [-0.15, -0.1) is 0 Å². The molecule has 2 saturated heterocycles. The maximum atomic E-state index is 12.8. The Morgan fingerprint density at radius 3 is 2.44 bits per heavy atom. The normalized spacial score (nSPS) is 22.6. The Kier molecular flexibility index (Phi) is 6.18. The molecule has 4 nitrogen and oxygen atoms in total. The van der Waals surface area contributed by atoms with Crippen LogP contribution in [0.15, 0.2) is 12.3 Å². The van der Waals surface area contributed by atoms with E-state index in [-0.39, 0.29) is 17.0 Å². The zero-order valence-electron chi connectivity index (χ0n) is 15.4. The first kappa shape index (κ1) is 20.2. The number of carbonyl (C=O) groups excluding carboxylic acids is 1. The summed E-state index contributed by atoms with van der Waals surface area (Å²) in [5.41, 5.74) is -0.832. The fourth-order valence-corrected chi connectivity index (χ4v) is 4.62. The van der Waals surface area contributed by atoms with Crippen molar-refractivity contribution in [2.24, 2.45) is 5.92 Å². The molecule has 0 radical (unpaired) electrons. The summed E-state index contributed by atoms with van der Waals surface area (Å²) in [6, 6.07) is 1.21. The van der Waals surface area contributed by atoms with Crippen molar-refractivity contribution in [2.45, 2.75) is 57.7 Å². The van der Waals surface area contributed by atoms with Gasteiger partial charge in [-0.25, -0.2) is 4.98 Å². The zero-order chi connectivity index (χ0) is 19.6. The molecule has 8 heteroatoms. The summed E-state index contributed by atoms with van der Waals surface area (Å²) >= 11 is 6.08. The average molecular weight is 404 g/mol. The highest BCUT2D eigenvalue weighted by molar-refractivity contribution is 6.33. The van der Waals surface area contributed by atoms with Crippen molar-refractivity contribution in [1.82, 2.24) is 9.88 Å². The number of hydrogen-bond donors (Lipinski definition) is 0. The van der Waals surface area contributed by atoms with Gasteiger partial charge < -0.3 is 9.80 Å². The van der Waals surface area contributed by atoms with E-state index in [1.54, 1.807) is 6.92 Å². The Morgan fingerprint density at radius 2 is 1.85 bits per heavy atom. The van der Waals surface area contributed by atoms with Crippen LogP contribution < -0.4 is 4.90 Å². The number of piperidine rings is 1. The van der Waals surface area contributed by atoms with Crippen molar-refractivity contribution in [1.29, 1.82) is 0 Å². The van der Waals surface area contributed by atoms with E-state index < -0.39 is 11.7 Å². The number of alkyl halides is 3. The van der Waals surface area contributed by atoms with Gasteiger partial charge in [-0.3, -0.25) is 4.79 Å². The smallest absolute Gasteiger partial charge is 0.355 e. The highest BCUT2D eigenvalue weighted by Crippen LogP contribution is 2.36. The molecule has 1 atom stereocenters. The van der Waals surface area contributed by atoms with E-state index in [1.807, 2.05) is 9.80 Å². The lowest BCUT2D eigenvalue weighted by atomic mass is 9.86. The summed E-state index contributed by atoms with van der Waals surface area (Å²) in [5, 5.41) is 0.0307. The van der Waals surface area contributed by atoms with Crippen LogP contribution in [0.25, 0.3) is 0 Å². The van der Waals surface area contributed by atoms with Crippen LogP contribution in [0.2, 0.25) is 5.02 Å². The number of aromatic nitrogens is 1. The summed E-state index contributed by atoms with van der Waals surface area (Å²) in [5.74, 6) is 0.959. The predicted molar refractivity (Wildman–Crippen MR) is 98.8 cm³/mol. The standard InChI is InChI=1S/C19H25ClF3N3O/c1-13(27)26-8-4-2-3-5-17(26)14-6-9-25(10-7-14)18-16(20)11-15(12-24-18)19(21,22)23/h11-12,14,17H,2-10H2,1H3/t17-/m0/s1. The summed E-state index contributed by atoms with van der Waals surface area (Å²) in [4.78, 5) is 20.0. The van der Waals surface area contributed by atoms with E-state index in [9.17, 15) is 18.0 Å².